The Balaban J connectivity index is 3.08. The second-order valence-electron chi connectivity index (χ2n) is 4.98. The Bertz CT molecular complexity index is 423. The van der Waals surface area contributed by atoms with E-state index in [1.165, 1.54) is 25.2 Å². The summed E-state index contributed by atoms with van der Waals surface area (Å²) in [6.45, 7) is 3.38. The zero-order chi connectivity index (χ0) is 16.1. The van der Waals surface area contributed by atoms with Gasteiger partial charge >= 0.3 is 6.18 Å². The van der Waals surface area contributed by atoms with Crippen LogP contribution in [0.4, 0.5) is 13.2 Å². The lowest BCUT2D eigenvalue weighted by Gasteiger charge is -2.44. The summed E-state index contributed by atoms with van der Waals surface area (Å²) in [4.78, 5) is 13.0. The first-order valence-corrected chi connectivity index (χ1v) is 7.17. The van der Waals surface area contributed by atoms with Crippen LogP contribution in [0.5, 0.6) is 0 Å². The Labute approximate surface area is 127 Å². The van der Waals surface area contributed by atoms with Gasteiger partial charge in [-0.25, -0.2) is 0 Å². The molecule has 0 N–H and O–H groups in total. The van der Waals surface area contributed by atoms with Crippen molar-refractivity contribution in [2.24, 2.45) is 5.92 Å². The minimum absolute atomic E-state index is 0.222. The number of alkyl halides is 4. The maximum Gasteiger partial charge on any atom is 0.397 e. The molecule has 0 spiro atoms. The summed E-state index contributed by atoms with van der Waals surface area (Å²) >= 11 is 5.53. The molecule has 0 aromatic rings. The Kier molecular flexibility index (Phi) is 6.28. The number of rotatable bonds is 6. The van der Waals surface area contributed by atoms with E-state index in [9.17, 15) is 18.0 Å². The zero-order valence-corrected chi connectivity index (χ0v) is 12.7. The molecular formula is C14H19ClF3NO2. The topological polar surface area (TPSA) is 29.5 Å². The summed E-state index contributed by atoms with van der Waals surface area (Å²) in [5.41, 5.74) is -1.55. The van der Waals surface area contributed by atoms with E-state index in [2.05, 4.69) is 0 Å². The van der Waals surface area contributed by atoms with Crippen LogP contribution < -0.4 is 0 Å². The van der Waals surface area contributed by atoms with Gasteiger partial charge in [0, 0.05) is 6.61 Å². The van der Waals surface area contributed by atoms with Gasteiger partial charge in [0.15, 0.2) is 0 Å². The standard InChI is InChI=1S/C14H19ClF3NO2/c1-3-8-21-10-19(12(20)9-15)13(2)7-5-4-6-11(13)14(16,17)18/h4-7,11H,3,8-10H2,1-2H3. The van der Waals surface area contributed by atoms with Crippen LogP contribution in [0, 0.1) is 5.92 Å². The summed E-state index contributed by atoms with van der Waals surface area (Å²) in [5, 5.41) is 0. The molecular weight excluding hydrogens is 307 g/mol. The van der Waals surface area contributed by atoms with Gasteiger partial charge in [0.2, 0.25) is 5.91 Å². The van der Waals surface area contributed by atoms with Crippen molar-refractivity contribution in [3.05, 3.63) is 24.3 Å². The molecule has 0 radical (unpaired) electrons. The molecule has 0 aromatic carbocycles. The maximum absolute atomic E-state index is 13.3. The molecule has 1 rings (SSSR count). The van der Waals surface area contributed by atoms with Gasteiger partial charge in [-0.1, -0.05) is 31.2 Å². The first-order chi connectivity index (χ1) is 9.77. The van der Waals surface area contributed by atoms with Gasteiger partial charge in [-0.15, -0.1) is 11.6 Å². The number of carbonyl (C=O) groups is 1. The number of ether oxygens (including phenoxy) is 1. The van der Waals surface area contributed by atoms with E-state index in [0.717, 1.165) is 11.0 Å². The molecule has 0 heterocycles. The number of carbonyl (C=O) groups excluding carboxylic acids is 1. The molecule has 3 nitrogen and oxygen atoms in total. The van der Waals surface area contributed by atoms with Crippen molar-refractivity contribution in [2.45, 2.75) is 32.0 Å². The molecule has 120 valence electrons. The van der Waals surface area contributed by atoms with Gasteiger partial charge in [-0.05, 0) is 13.3 Å². The van der Waals surface area contributed by atoms with Gasteiger partial charge in [0.1, 0.15) is 12.6 Å². The van der Waals surface area contributed by atoms with E-state index in [4.69, 9.17) is 16.3 Å². The van der Waals surface area contributed by atoms with Gasteiger partial charge in [0.25, 0.3) is 0 Å². The van der Waals surface area contributed by atoms with Crippen LogP contribution in [0.2, 0.25) is 0 Å². The average molecular weight is 326 g/mol. The molecule has 0 saturated heterocycles. The minimum atomic E-state index is -4.47. The van der Waals surface area contributed by atoms with E-state index < -0.39 is 29.4 Å². The largest absolute Gasteiger partial charge is 0.397 e. The fraction of sp³-hybridized carbons (Fsp3) is 0.643. The van der Waals surface area contributed by atoms with Crippen LogP contribution in [0.1, 0.15) is 20.3 Å². The van der Waals surface area contributed by atoms with Crippen LogP contribution in [0.3, 0.4) is 0 Å². The SMILES string of the molecule is CCCOCN(C(=O)CCl)C1(C)C=CC=CC1C(F)(F)F. The lowest BCUT2D eigenvalue weighted by molar-refractivity contribution is -0.194. The van der Waals surface area contributed by atoms with E-state index in [1.54, 1.807) is 0 Å². The number of hydrogen-bond acceptors (Lipinski definition) is 2. The molecule has 0 aliphatic heterocycles. The van der Waals surface area contributed by atoms with Crippen molar-refractivity contribution < 1.29 is 22.7 Å². The third-order valence-electron chi connectivity index (χ3n) is 3.40. The molecule has 0 fully saturated rings. The number of halogens is 4. The smallest absolute Gasteiger partial charge is 0.361 e. The second kappa shape index (κ2) is 7.31. The van der Waals surface area contributed by atoms with Crippen molar-refractivity contribution in [3.8, 4) is 0 Å². The summed E-state index contributed by atoms with van der Waals surface area (Å²) in [7, 11) is 0. The Morgan fingerprint density at radius 1 is 1.43 bits per heavy atom. The van der Waals surface area contributed by atoms with Crippen LogP contribution in [0.15, 0.2) is 24.3 Å². The quantitative estimate of drug-likeness (QED) is 0.425. The van der Waals surface area contributed by atoms with Crippen molar-refractivity contribution >= 4 is 17.5 Å². The van der Waals surface area contributed by atoms with Crippen LogP contribution in [-0.4, -0.2) is 41.7 Å². The number of allylic oxidation sites excluding steroid dienone is 2. The van der Waals surface area contributed by atoms with E-state index in [-0.39, 0.29) is 6.73 Å². The van der Waals surface area contributed by atoms with E-state index in [0.29, 0.717) is 13.0 Å². The van der Waals surface area contributed by atoms with Gasteiger partial charge in [-0.3, -0.25) is 4.79 Å². The van der Waals surface area contributed by atoms with Crippen LogP contribution in [-0.2, 0) is 9.53 Å². The lowest BCUT2D eigenvalue weighted by Crippen LogP contribution is -2.58. The fourth-order valence-electron chi connectivity index (χ4n) is 2.27. The van der Waals surface area contributed by atoms with Crippen molar-refractivity contribution in [3.63, 3.8) is 0 Å². The molecule has 21 heavy (non-hydrogen) atoms. The van der Waals surface area contributed by atoms with E-state index >= 15 is 0 Å². The van der Waals surface area contributed by atoms with Crippen LogP contribution in [0.25, 0.3) is 0 Å². The Hall–Kier alpha value is -1.01. The van der Waals surface area contributed by atoms with Gasteiger partial charge in [-0.2, -0.15) is 13.2 Å². The van der Waals surface area contributed by atoms with Gasteiger partial charge in [0.05, 0.1) is 11.5 Å². The number of nitrogens with zero attached hydrogens (tertiary/aromatic N) is 1. The Morgan fingerprint density at radius 3 is 2.62 bits per heavy atom. The monoisotopic (exact) mass is 325 g/mol. The molecule has 1 amide bonds. The molecule has 2 atom stereocenters. The third-order valence-corrected chi connectivity index (χ3v) is 3.63. The highest BCUT2D eigenvalue weighted by atomic mass is 35.5. The molecule has 1 aliphatic carbocycles. The van der Waals surface area contributed by atoms with Crippen molar-refractivity contribution in [1.82, 2.24) is 4.90 Å². The molecule has 1 aliphatic rings. The maximum atomic E-state index is 13.3. The van der Waals surface area contributed by atoms with E-state index in [1.807, 2.05) is 6.92 Å². The first-order valence-electron chi connectivity index (χ1n) is 6.64. The summed E-state index contributed by atoms with van der Waals surface area (Å²) in [6.07, 6.45) is 1.48. The summed E-state index contributed by atoms with van der Waals surface area (Å²) in [5.74, 6) is -2.79. The predicted octanol–water partition coefficient (Wildman–Crippen LogP) is 3.50. The van der Waals surface area contributed by atoms with Gasteiger partial charge < -0.3 is 9.64 Å². The number of hydrogen-bond donors (Lipinski definition) is 0. The zero-order valence-electron chi connectivity index (χ0n) is 12.0. The average Bonchev–Trinajstić information content (AvgIpc) is 2.42. The highest BCUT2D eigenvalue weighted by molar-refractivity contribution is 6.27. The van der Waals surface area contributed by atoms with Crippen molar-refractivity contribution in [2.75, 3.05) is 19.2 Å². The number of amides is 1. The molecule has 0 bridgehead atoms. The minimum Gasteiger partial charge on any atom is -0.361 e. The third kappa shape index (κ3) is 4.23. The van der Waals surface area contributed by atoms with Crippen molar-refractivity contribution in [1.29, 1.82) is 0 Å². The molecule has 0 saturated carbocycles. The Morgan fingerprint density at radius 2 is 2.10 bits per heavy atom. The lowest BCUT2D eigenvalue weighted by atomic mass is 9.80. The predicted molar refractivity (Wildman–Crippen MR) is 74.9 cm³/mol. The summed E-state index contributed by atoms with van der Waals surface area (Å²) < 4.78 is 45.0. The summed E-state index contributed by atoms with van der Waals surface area (Å²) in [6, 6.07) is 0. The fourth-order valence-corrected chi connectivity index (χ4v) is 2.42. The molecule has 7 heteroatoms. The van der Waals surface area contributed by atoms with Crippen LogP contribution >= 0.6 is 11.6 Å². The normalized spacial score (nSPS) is 25.1. The molecule has 2 unspecified atom stereocenters. The second-order valence-corrected chi connectivity index (χ2v) is 5.25. The molecule has 0 aromatic heterocycles. The highest BCUT2D eigenvalue weighted by Crippen LogP contribution is 2.41. The first kappa shape index (κ1) is 18.0. The highest BCUT2D eigenvalue weighted by Gasteiger charge is 2.53.